The molecule has 150 valence electrons. The molecule has 2 atom stereocenters. The highest BCUT2D eigenvalue weighted by atomic mass is 16.5. The molecule has 0 aliphatic carbocycles. The lowest BCUT2D eigenvalue weighted by atomic mass is 10.1. The highest BCUT2D eigenvalue weighted by Crippen LogP contribution is 2.33. The summed E-state index contributed by atoms with van der Waals surface area (Å²) in [6.07, 6.45) is 4.40. The van der Waals surface area contributed by atoms with Crippen molar-refractivity contribution in [1.82, 2.24) is 4.98 Å². The largest absolute Gasteiger partial charge is 0.480 e. The maximum absolute atomic E-state index is 5.66. The van der Waals surface area contributed by atoms with Gasteiger partial charge in [0.2, 0.25) is 12.1 Å². The van der Waals surface area contributed by atoms with E-state index in [0.717, 1.165) is 36.5 Å². The molecule has 0 saturated carbocycles. The number of anilines is 1. The van der Waals surface area contributed by atoms with Gasteiger partial charge >= 0.3 is 0 Å². The molecule has 2 heterocycles. The van der Waals surface area contributed by atoms with Crippen molar-refractivity contribution >= 4 is 17.7 Å². The highest BCUT2D eigenvalue weighted by molar-refractivity contribution is 6.07. The van der Waals surface area contributed by atoms with Crippen LogP contribution in [-0.2, 0) is 4.74 Å². The molecule has 1 aliphatic heterocycles. The molecule has 0 aromatic carbocycles. The maximum atomic E-state index is 5.66. The molecule has 0 radical (unpaired) electrons. The first kappa shape index (κ1) is 21.4. The van der Waals surface area contributed by atoms with Gasteiger partial charge in [-0.3, -0.25) is 9.98 Å². The quantitative estimate of drug-likeness (QED) is 0.675. The van der Waals surface area contributed by atoms with E-state index in [2.05, 4.69) is 56.6 Å². The maximum Gasteiger partial charge on any atom is 0.237 e. The zero-order valence-corrected chi connectivity index (χ0v) is 17.8. The van der Waals surface area contributed by atoms with Gasteiger partial charge in [0.15, 0.2) is 5.84 Å². The van der Waals surface area contributed by atoms with Gasteiger partial charge in [0.25, 0.3) is 0 Å². The van der Waals surface area contributed by atoms with Crippen LogP contribution in [0.5, 0.6) is 5.88 Å². The van der Waals surface area contributed by atoms with Crippen molar-refractivity contribution in [2.24, 2.45) is 9.98 Å². The van der Waals surface area contributed by atoms with E-state index in [1.54, 1.807) is 14.2 Å². The van der Waals surface area contributed by atoms with Crippen LogP contribution in [0, 0.1) is 0 Å². The average Bonchev–Trinajstić information content (AvgIpc) is 2.70. The Morgan fingerprint density at radius 1 is 1.15 bits per heavy atom. The molecule has 6 nitrogen and oxygen atoms in total. The average molecular weight is 375 g/mol. The fourth-order valence-electron chi connectivity index (χ4n) is 3.24. The third kappa shape index (κ3) is 4.67. The lowest BCUT2D eigenvalue weighted by Crippen LogP contribution is -2.51. The minimum Gasteiger partial charge on any atom is -0.480 e. The molecule has 1 aromatic rings. The van der Waals surface area contributed by atoms with Crippen molar-refractivity contribution in [3.8, 4) is 5.88 Å². The molecule has 0 saturated heterocycles. The second kappa shape index (κ2) is 9.83. The first-order chi connectivity index (χ1) is 13.0. The lowest BCUT2D eigenvalue weighted by molar-refractivity contribution is 0.159. The van der Waals surface area contributed by atoms with Crippen LogP contribution in [0.1, 0.15) is 65.5 Å². The van der Waals surface area contributed by atoms with Crippen molar-refractivity contribution in [1.29, 1.82) is 0 Å². The minimum atomic E-state index is -0.414. The number of methoxy groups -OCH3 is 2. The number of hydrogen-bond acceptors (Lipinski definition) is 5. The second-order valence-electron chi connectivity index (χ2n) is 7.11. The Kier molecular flexibility index (Phi) is 7.78. The molecule has 0 bridgehead atoms. The molecule has 1 aromatic heterocycles. The Morgan fingerprint density at radius 2 is 1.85 bits per heavy atom. The van der Waals surface area contributed by atoms with Gasteiger partial charge in [-0.1, -0.05) is 34.6 Å². The molecule has 0 spiro atoms. The summed E-state index contributed by atoms with van der Waals surface area (Å²) in [5.41, 5.74) is 1.92. The minimum absolute atomic E-state index is 0.0881. The number of aromatic nitrogens is 1. The number of hydrogen-bond donors (Lipinski definition) is 0. The van der Waals surface area contributed by atoms with Crippen molar-refractivity contribution in [2.45, 2.75) is 78.1 Å². The van der Waals surface area contributed by atoms with E-state index >= 15 is 0 Å². The molecular weight excluding hydrogens is 340 g/mol. The molecule has 27 heavy (non-hydrogen) atoms. The fraction of sp³-hybridized carbons (Fsp3) is 0.667. The van der Waals surface area contributed by atoms with Crippen LogP contribution in [0.15, 0.2) is 22.1 Å². The summed E-state index contributed by atoms with van der Waals surface area (Å²) in [6, 6.07) is 4.47. The van der Waals surface area contributed by atoms with E-state index in [1.165, 1.54) is 0 Å². The monoisotopic (exact) mass is 374 g/mol. The van der Waals surface area contributed by atoms with Gasteiger partial charge in [-0.15, -0.1) is 0 Å². The van der Waals surface area contributed by atoms with E-state index in [-0.39, 0.29) is 12.1 Å². The van der Waals surface area contributed by atoms with Gasteiger partial charge < -0.3 is 14.4 Å². The predicted molar refractivity (Wildman–Crippen MR) is 113 cm³/mol. The Balaban J connectivity index is 2.61. The van der Waals surface area contributed by atoms with Crippen molar-refractivity contribution in [3.05, 3.63) is 17.8 Å². The Bertz CT molecular complexity index is 668. The predicted octanol–water partition coefficient (Wildman–Crippen LogP) is 4.44. The Morgan fingerprint density at radius 3 is 2.37 bits per heavy atom. The Labute approximate surface area is 163 Å². The molecular formula is C21H34N4O2. The van der Waals surface area contributed by atoms with Crippen molar-refractivity contribution < 1.29 is 9.47 Å². The van der Waals surface area contributed by atoms with E-state index < -0.39 is 6.23 Å². The summed E-state index contributed by atoms with van der Waals surface area (Å²) in [5.74, 6) is 1.78. The summed E-state index contributed by atoms with van der Waals surface area (Å²) >= 11 is 0. The number of pyridine rings is 1. The van der Waals surface area contributed by atoms with E-state index in [0.29, 0.717) is 11.8 Å². The lowest BCUT2D eigenvalue weighted by Gasteiger charge is -2.38. The summed E-state index contributed by atoms with van der Waals surface area (Å²) in [5, 5.41) is 0. The van der Waals surface area contributed by atoms with Crippen molar-refractivity contribution in [2.75, 3.05) is 19.1 Å². The Hall–Kier alpha value is -1.95. The topological polar surface area (TPSA) is 59.3 Å². The van der Waals surface area contributed by atoms with Gasteiger partial charge in [0, 0.05) is 19.0 Å². The van der Waals surface area contributed by atoms with E-state index in [9.17, 15) is 0 Å². The van der Waals surface area contributed by atoms with Gasteiger partial charge in [-0.05, 0) is 37.3 Å². The first-order valence-corrected chi connectivity index (χ1v) is 9.98. The molecule has 2 rings (SSSR count). The first-order valence-electron chi connectivity index (χ1n) is 9.98. The zero-order valence-electron chi connectivity index (χ0n) is 17.8. The molecule has 1 aliphatic rings. The number of aliphatic imine (C=N–C) groups is 2. The van der Waals surface area contributed by atoms with E-state index in [4.69, 9.17) is 19.5 Å². The number of rotatable bonds is 8. The summed E-state index contributed by atoms with van der Waals surface area (Å²) in [7, 11) is 3.34. The normalized spacial score (nSPS) is 21.5. The van der Waals surface area contributed by atoms with Gasteiger partial charge in [0.1, 0.15) is 5.69 Å². The SMILES string of the molecule is CCC(CC)N=C1C(OC)N=CC(CC)N1c1ccc(C(C)C)nc1OC. The smallest absolute Gasteiger partial charge is 0.237 e. The van der Waals surface area contributed by atoms with Crippen LogP contribution >= 0.6 is 0 Å². The molecule has 0 fully saturated rings. The van der Waals surface area contributed by atoms with Crippen LogP contribution in [0.3, 0.4) is 0 Å². The number of nitrogens with zero attached hydrogens (tertiary/aromatic N) is 4. The van der Waals surface area contributed by atoms with Crippen LogP contribution < -0.4 is 9.64 Å². The standard InChI is InChI=1S/C21H34N4O2/c1-8-15(9-2)23-19-21(27-7)22-13-16(10-3)25(19)18-12-11-17(14(4)5)24-20(18)26-6/h11-16,21H,8-10H2,1-7H3. The summed E-state index contributed by atoms with van der Waals surface area (Å²) in [4.78, 5) is 16.6. The number of ether oxygens (including phenoxy) is 2. The molecule has 0 N–H and O–H groups in total. The van der Waals surface area contributed by atoms with Gasteiger partial charge in [0.05, 0.1) is 19.2 Å². The second-order valence-corrected chi connectivity index (χ2v) is 7.11. The fourth-order valence-corrected chi connectivity index (χ4v) is 3.24. The molecule has 2 unspecified atom stereocenters. The van der Waals surface area contributed by atoms with Crippen LogP contribution in [0.2, 0.25) is 0 Å². The van der Waals surface area contributed by atoms with Crippen molar-refractivity contribution in [3.63, 3.8) is 0 Å². The van der Waals surface area contributed by atoms with Gasteiger partial charge in [-0.25, -0.2) is 4.98 Å². The highest BCUT2D eigenvalue weighted by Gasteiger charge is 2.34. The zero-order chi connectivity index (χ0) is 20.0. The third-order valence-electron chi connectivity index (χ3n) is 5.00. The van der Waals surface area contributed by atoms with Crippen LogP contribution in [-0.4, -0.2) is 49.6 Å². The van der Waals surface area contributed by atoms with Crippen LogP contribution in [0.25, 0.3) is 0 Å². The third-order valence-corrected chi connectivity index (χ3v) is 5.00. The number of amidine groups is 1. The van der Waals surface area contributed by atoms with Crippen LogP contribution in [0.4, 0.5) is 5.69 Å². The molecule has 0 amide bonds. The summed E-state index contributed by atoms with van der Waals surface area (Å²) < 4.78 is 11.3. The van der Waals surface area contributed by atoms with E-state index in [1.807, 2.05) is 6.21 Å². The molecule has 6 heteroatoms. The summed E-state index contributed by atoms with van der Waals surface area (Å²) in [6.45, 7) is 10.7. The van der Waals surface area contributed by atoms with Gasteiger partial charge in [-0.2, -0.15) is 0 Å².